The van der Waals surface area contributed by atoms with Gasteiger partial charge in [0.2, 0.25) is 11.8 Å². The molecular weight excluding hydrogens is 242 g/mol. The van der Waals surface area contributed by atoms with Crippen molar-refractivity contribution >= 4 is 34.8 Å². The second-order valence-corrected chi connectivity index (χ2v) is 3.69. The Labute approximate surface area is 103 Å². The number of nitrogens with zero attached hydrogens (tertiary/aromatic N) is 1. The summed E-state index contributed by atoms with van der Waals surface area (Å²) >= 11 is 5.78. The molecule has 0 fully saturated rings. The molecule has 1 aromatic rings. The fourth-order valence-corrected chi connectivity index (χ4v) is 1.36. The molecule has 0 unspecified atom stereocenters. The molecule has 2 N–H and O–H groups in total. The van der Waals surface area contributed by atoms with Crippen LogP contribution in [0.3, 0.4) is 0 Å². The Hall–Kier alpha value is -2.06. The second-order valence-electron chi connectivity index (χ2n) is 3.25. The van der Waals surface area contributed by atoms with Crippen LogP contribution in [0.4, 0.5) is 11.4 Å². The zero-order chi connectivity index (χ0) is 12.8. The topological polar surface area (TPSA) is 82.0 Å². The molecule has 17 heavy (non-hydrogen) atoms. The first kappa shape index (κ1) is 13.0. The molecule has 0 aliphatic heterocycles. The molecule has 1 rings (SSSR count). The van der Waals surface area contributed by atoms with Gasteiger partial charge in [-0.25, -0.2) is 0 Å². The maximum Gasteiger partial charge on any atom is 0.238 e. The van der Waals surface area contributed by atoms with Gasteiger partial charge in [0.05, 0.1) is 17.4 Å². The van der Waals surface area contributed by atoms with Crippen molar-refractivity contribution in [2.24, 2.45) is 0 Å². The molecule has 88 valence electrons. The van der Waals surface area contributed by atoms with Crippen molar-refractivity contribution in [3.8, 4) is 6.07 Å². The molecule has 5 nitrogen and oxygen atoms in total. The van der Waals surface area contributed by atoms with Gasteiger partial charge in [-0.3, -0.25) is 9.59 Å². The SMILES string of the molecule is CC(=O)Nc1ccc(Cl)cc1NC(=O)CC#N. The van der Waals surface area contributed by atoms with Crippen molar-refractivity contribution in [1.82, 2.24) is 0 Å². The summed E-state index contributed by atoms with van der Waals surface area (Å²) in [7, 11) is 0. The summed E-state index contributed by atoms with van der Waals surface area (Å²) in [5, 5.41) is 13.8. The summed E-state index contributed by atoms with van der Waals surface area (Å²) in [6, 6.07) is 6.40. The molecule has 6 heteroatoms. The summed E-state index contributed by atoms with van der Waals surface area (Å²) in [6.45, 7) is 1.36. The van der Waals surface area contributed by atoms with Crippen LogP contribution in [0.5, 0.6) is 0 Å². The summed E-state index contributed by atoms with van der Waals surface area (Å²) in [6.07, 6.45) is -0.258. The molecule has 0 saturated carbocycles. The number of carbonyl (C=O) groups is 2. The van der Waals surface area contributed by atoms with Gasteiger partial charge in [-0.2, -0.15) is 5.26 Å². The van der Waals surface area contributed by atoms with E-state index in [2.05, 4.69) is 10.6 Å². The largest absolute Gasteiger partial charge is 0.325 e. The van der Waals surface area contributed by atoms with Crippen LogP contribution >= 0.6 is 11.6 Å². The van der Waals surface area contributed by atoms with Crippen LogP contribution in [0.1, 0.15) is 13.3 Å². The standard InChI is InChI=1S/C11H10ClN3O2/c1-7(16)14-9-3-2-8(12)6-10(9)15-11(17)4-5-13/h2-3,6H,4H2,1H3,(H,14,16)(H,15,17). The van der Waals surface area contributed by atoms with Crippen LogP contribution in [0.2, 0.25) is 5.02 Å². The molecule has 0 saturated heterocycles. The summed E-state index contributed by atoms with van der Waals surface area (Å²) in [5.74, 6) is -0.718. The average molecular weight is 252 g/mol. The molecule has 0 aliphatic carbocycles. The third kappa shape index (κ3) is 4.13. The fourth-order valence-electron chi connectivity index (χ4n) is 1.18. The molecule has 0 heterocycles. The molecule has 0 aliphatic rings. The highest BCUT2D eigenvalue weighted by Crippen LogP contribution is 2.25. The summed E-state index contributed by atoms with van der Waals surface area (Å²) < 4.78 is 0. The average Bonchev–Trinajstić information content (AvgIpc) is 2.22. The molecule has 0 radical (unpaired) electrons. The van der Waals surface area contributed by atoms with Crippen molar-refractivity contribution < 1.29 is 9.59 Å². The molecule has 0 atom stereocenters. The highest BCUT2D eigenvalue weighted by molar-refractivity contribution is 6.31. The molecule has 2 amide bonds. The van der Waals surface area contributed by atoms with E-state index in [1.54, 1.807) is 18.2 Å². The van der Waals surface area contributed by atoms with Crippen LogP contribution in [-0.4, -0.2) is 11.8 Å². The predicted molar refractivity (Wildman–Crippen MR) is 64.6 cm³/mol. The molecule has 0 spiro atoms. The lowest BCUT2D eigenvalue weighted by atomic mass is 10.2. The Morgan fingerprint density at radius 1 is 1.35 bits per heavy atom. The van der Waals surface area contributed by atoms with E-state index in [4.69, 9.17) is 16.9 Å². The van der Waals surface area contributed by atoms with Crippen molar-refractivity contribution in [3.05, 3.63) is 23.2 Å². The van der Waals surface area contributed by atoms with E-state index in [1.165, 1.54) is 13.0 Å². The lowest BCUT2D eigenvalue weighted by molar-refractivity contribution is -0.115. The lowest BCUT2D eigenvalue weighted by Crippen LogP contribution is -2.14. The zero-order valence-corrected chi connectivity index (χ0v) is 9.84. The summed E-state index contributed by atoms with van der Waals surface area (Å²) in [4.78, 5) is 22.2. The van der Waals surface area contributed by atoms with Gasteiger partial charge in [-0.1, -0.05) is 11.6 Å². The number of halogens is 1. The van der Waals surface area contributed by atoms with Crippen LogP contribution in [0.25, 0.3) is 0 Å². The van der Waals surface area contributed by atoms with Crippen LogP contribution in [-0.2, 0) is 9.59 Å². The molecule has 0 aromatic heterocycles. The number of anilines is 2. The molecular formula is C11H10ClN3O2. The number of hydrogen-bond acceptors (Lipinski definition) is 3. The van der Waals surface area contributed by atoms with Gasteiger partial charge in [0.15, 0.2) is 0 Å². The van der Waals surface area contributed by atoms with Crippen LogP contribution < -0.4 is 10.6 Å². The normalized spacial score (nSPS) is 9.24. The number of hydrogen-bond donors (Lipinski definition) is 2. The minimum absolute atomic E-state index is 0.258. The summed E-state index contributed by atoms with van der Waals surface area (Å²) in [5.41, 5.74) is 0.807. The number of carbonyl (C=O) groups excluding carboxylic acids is 2. The Morgan fingerprint density at radius 2 is 2.06 bits per heavy atom. The van der Waals surface area contributed by atoms with E-state index in [-0.39, 0.29) is 12.3 Å². The number of benzene rings is 1. The minimum Gasteiger partial charge on any atom is -0.325 e. The van der Waals surface area contributed by atoms with E-state index in [0.717, 1.165) is 0 Å². The van der Waals surface area contributed by atoms with E-state index in [9.17, 15) is 9.59 Å². The van der Waals surface area contributed by atoms with Gasteiger partial charge >= 0.3 is 0 Å². The predicted octanol–water partition coefficient (Wildman–Crippen LogP) is 2.15. The number of nitrogens with one attached hydrogen (secondary N) is 2. The Bertz CT molecular complexity index is 494. The van der Waals surface area contributed by atoms with Gasteiger partial charge in [0, 0.05) is 11.9 Å². The first-order chi connectivity index (χ1) is 8.02. The van der Waals surface area contributed by atoms with Gasteiger partial charge in [0.25, 0.3) is 0 Å². The van der Waals surface area contributed by atoms with Gasteiger partial charge in [-0.05, 0) is 18.2 Å². The first-order valence-electron chi connectivity index (χ1n) is 4.77. The Morgan fingerprint density at radius 3 is 2.65 bits per heavy atom. The fraction of sp³-hybridized carbons (Fsp3) is 0.182. The third-order valence-corrected chi connectivity index (χ3v) is 2.04. The highest BCUT2D eigenvalue weighted by Gasteiger charge is 2.08. The number of rotatable bonds is 3. The van der Waals surface area contributed by atoms with Crippen molar-refractivity contribution in [3.63, 3.8) is 0 Å². The Balaban J connectivity index is 2.95. The number of nitriles is 1. The molecule has 0 bridgehead atoms. The zero-order valence-electron chi connectivity index (χ0n) is 9.08. The molecule has 1 aromatic carbocycles. The smallest absolute Gasteiger partial charge is 0.238 e. The monoisotopic (exact) mass is 251 g/mol. The van der Waals surface area contributed by atoms with Crippen molar-refractivity contribution in [2.45, 2.75) is 13.3 Å². The van der Waals surface area contributed by atoms with E-state index >= 15 is 0 Å². The number of amides is 2. The van der Waals surface area contributed by atoms with Gasteiger partial charge in [-0.15, -0.1) is 0 Å². The maximum atomic E-state index is 11.3. The van der Waals surface area contributed by atoms with Crippen LogP contribution in [0.15, 0.2) is 18.2 Å². The quantitative estimate of drug-likeness (QED) is 0.864. The minimum atomic E-state index is -0.457. The van der Waals surface area contributed by atoms with Crippen molar-refractivity contribution in [2.75, 3.05) is 10.6 Å². The lowest BCUT2D eigenvalue weighted by Gasteiger charge is -2.10. The Kier molecular flexibility index (Phi) is 4.49. The highest BCUT2D eigenvalue weighted by atomic mass is 35.5. The first-order valence-corrected chi connectivity index (χ1v) is 5.14. The maximum absolute atomic E-state index is 11.3. The van der Waals surface area contributed by atoms with Gasteiger partial charge < -0.3 is 10.6 Å². The third-order valence-electron chi connectivity index (χ3n) is 1.81. The van der Waals surface area contributed by atoms with E-state index in [0.29, 0.717) is 16.4 Å². The second kappa shape index (κ2) is 5.87. The van der Waals surface area contributed by atoms with E-state index < -0.39 is 5.91 Å². The van der Waals surface area contributed by atoms with Crippen LogP contribution in [0, 0.1) is 11.3 Å². The van der Waals surface area contributed by atoms with E-state index in [1.807, 2.05) is 0 Å². The van der Waals surface area contributed by atoms with Gasteiger partial charge in [0.1, 0.15) is 6.42 Å². The van der Waals surface area contributed by atoms with Crippen molar-refractivity contribution in [1.29, 1.82) is 5.26 Å².